The zero-order valence-electron chi connectivity index (χ0n) is 12.4. The van der Waals surface area contributed by atoms with Gasteiger partial charge in [-0.25, -0.2) is 0 Å². The molecule has 1 aromatic heterocycles. The second-order valence-corrected chi connectivity index (χ2v) is 5.33. The maximum Gasteiger partial charge on any atom is 0.291 e. The number of carbonyl (C=O) groups excluding carboxylic acids is 1. The molecule has 23 heavy (non-hydrogen) atoms. The van der Waals surface area contributed by atoms with E-state index in [1.165, 1.54) is 0 Å². The van der Waals surface area contributed by atoms with Crippen LogP contribution in [0.5, 0.6) is 11.5 Å². The van der Waals surface area contributed by atoms with Crippen molar-refractivity contribution in [2.45, 2.75) is 6.92 Å². The van der Waals surface area contributed by atoms with Gasteiger partial charge in [0, 0.05) is 5.69 Å². The van der Waals surface area contributed by atoms with Crippen molar-refractivity contribution < 1.29 is 13.9 Å². The Kier molecular flexibility index (Phi) is 4.35. The summed E-state index contributed by atoms with van der Waals surface area (Å²) in [6.45, 7) is 1.79. The Morgan fingerprint density at radius 1 is 1.04 bits per heavy atom. The van der Waals surface area contributed by atoms with Gasteiger partial charge in [-0.2, -0.15) is 0 Å². The lowest BCUT2D eigenvalue weighted by atomic mass is 10.3. The van der Waals surface area contributed by atoms with Crippen molar-refractivity contribution in [3.63, 3.8) is 0 Å². The Hall–Kier alpha value is -2.72. The van der Waals surface area contributed by atoms with E-state index in [-0.39, 0.29) is 11.7 Å². The summed E-state index contributed by atoms with van der Waals surface area (Å²) in [7, 11) is 0. The van der Waals surface area contributed by atoms with E-state index < -0.39 is 0 Å². The number of furan rings is 1. The van der Waals surface area contributed by atoms with E-state index in [4.69, 9.17) is 20.8 Å². The van der Waals surface area contributed by atoms with Gasteiger partial charge < -0.3 is 14.5 Å². The lowest BCUT2D eigenvalue weighted by Gasteiger charge is -2.08. The highest BCUT2D eigenvalue weighted by atomic mass is 35.5. The van der Waals surface area contributed by atoms with Crippen LogP contribution in [0.2, 0.25) is 5.02 Å². The fraction of sp³-hybridized carbons (Fsp3) is 0.0556. The molecule has 0 bridgehead atoms. The summed E-state index contributed by atoms with van der Waals surface area (Å²) >= 11 is 6.05. The minimum absolute atomic E-state index is 0.277. The number of aryl methyl sites for hydroxylation is 1. The van der Waals surface area contributed by atoms with Crippen LogP contribution in [0.25, 0.3) is 0 Å². The van der Waals surface area contributed by atoms with Gasteiger partial charge in [0.25, 0.3) is 5.91 Å². The lowest BCUT2D eigenvalue weighted by Crippen LogP contribution is -2.10. The molecular weight excluding hydrogens is 314 g/mol. The third kappa shape index (κ3) is 3.73. The van der Waals surface area contributed by atoms with Crippen LogP contribution in [0.4, 0.5) is 5.69 Å². The van der Waals surface area contributed by atoms with Crippen LogP contribution in [-0.2, 0) is 0 Å². The Morgan fingerprint density at radius 3 is 2.43 bits per heavy atom. The van der Waals surface area contributed by atoms with E-state index in [2.05, 4.69) is 5.32 Å². The molecule has 0 fully saturated rings. The van der Waals surface area contributed by atoms with Gasteiger partial charge in [0.1, 0.15) is 17.3 Å². The average molecular weight is 328 g/mol. The fourth-order valence-corrected chi connectivity index (χ4v) is 2.18. The molecular formula is C18H14ClNO3. The Labute approximate surface area is 138 Å². The van der Waals surface area contributed by atoms with Crippen molar-refractivity contribution in [2.75, 3.05) is 5.32 Å². The van der Waals surface area contributed by atoms with Crippen molar-refractivity contribution in [2.24, 2.45) is 0 Å². The molecule has 0 aliphatic heterocycles. The normalized spacial score (nSPS) is 10.3. The van der Waals surface area contributed by atoms with E-state index >= 15 is 0 Å². The zero-order chi connectivity index (χ0) is 16.2. The molecule has 1 N–H and O–H groups in total. The van der Waals surface area contributed by atoms with Crippen molar-refractivity contribution in [3.05, 3.63) is 77.2 Å². The monoisotopic (exact) mass is 327 g/mol. The molecule has 1 amide bonds. The van der Waals surface area contributed by atoms with Crippen LogP contribution in [0.15, 0.2) is 65.1 Å². The molecule has 0 atom stereocenters. The fourth-order valence-electron chi connectivity index (χ4n) is 2.01. The lowest BCUT2D eigenvalue weighted by molar-refractivity contribution is 0.0995. The number of ether oxygens (including phenoxy) is 1. The summed E-state index contributed by atoms with van der Waals surface area (Å²) in [5.41, 5.74) is 0.649. The maximum absolute atomic E-state index is 12.0. The molecule has 0 radical (unpaired) electrons. The molecule has 1 heterocycles. The van der Waals surface area contributed by atoms with Crippen molar-refractivity contribution >= 4 is 23.2 Å². The summed E-state index contributed by atoms with van der Waals surface area (Å²) in [6, 6.07) is 17.6. The van der Waals surface area contributed by atoms with Crippen LogP contribution >= 0.6 is 11.6 Å². The Balaban J connectivity index is 1.67. The zero-order valence-corrected chi connectivity index (χ0v) is 13.1. The predicted molar refractivity (Wildman–Crippen MR) is 89.4 cm³/mol. The van der Waals surface area contributed by atoms with E-state index in [9.17, 15) is 4.79 Å². The number of para-hydroxylation sites is 1. The summed E-state index contributed by atoms with van der Waals surface area (Å²) in [5.74, 6) is 1.89. The van der Waals surface area contributed by atoms with Crippen LogP contribution in [0.3, 0.4) is 0 Å². The first-order valence-electron chi connectivity index (χ1n) is 7.02. The van der Waals surface area contributed by atoms with E-state index in [0.717, 1.165) is 0 Å². The number of carbonyl (C=O) groups is 1. The molecule has 0 saturated heterocycles. The number of nitrogens with one attached hydrogen (secondary N) is 1. The Morgan fingerprint density at radius 2 is 1.78 bits per heavy atom. The number of hydrogen-bond acceptors (Lipinski definition) is 3. The molecule has 0 spiro atoms. The molecule has 0 saturated carbocycles. The third-order valence-corrected chi connectivity index (χ3v) is 3.45. The van der Waals surface area contributed by atoms with E-state index in [0.29, 0.717) is 28.0 Å². The first kappa shape index (κ1) is 15.2. The molecule has 0 aliphatic carbocycles. The average Bonchev–Trinajstić information content (AvgIpc) is 2.98. The molecule has 0 unspecified atom stereocenters. The smallest absolute Gasteiger partial charge is 0.291 e. The van der Waals surface area contributed by atoms with Crippen LogP contribution in [0, 0.1) is 6.92 Å². The van der Waals surface area contributed by atoms with Crippen LogP contribution < -0.4 is 10.1 Å². The second kappa shape index (κ2) is 6.58. The number of halogens is 1. The van der Waals surface area contributed by atoms with Crippen molar-refractivity contribution in [1.82, 2.24) is 0 Å². The molecule has 2 aromatic carbocycles. The van der Waals surface area contributed by atoms with Gasteiger partial charge >= 0.3 is 0 Å². The minimum atomic E-state index is -0.294. The van der Waals surface area contributed by atoms with Crippen LogP contribution in [0.1, 0.15) is 16.3 Å². The molecule has 5 heteroatoms. The van der Waals surface area contributed by atoms with Gasteiger partial charge in [-0.3, -0.25) is 4.79 Å². The summed E-state index contributed by atoms with van der Waals surface area (Å²) in [6.07, 6.45) is 0. The van der Waals surface area contributed by atoms with Gasteiger partial charge in [-0.1, -0.05) is 23.7 Å². The summed E-state index contributed by atoms with van der Waals surface area (Å²) in [5, 5.41) is 3.30. The largest absolute Gasteiger partial charge is 0.456 e. The minimum Gasteiger partial charge on any atom is -0.456 e. The first-order valence-corrected chi connectivity index (χ1v) is 7.40. The molecule has 116 valence electrons. The quantitative estimate of drug-likeness (QED) is 0.708. The standard InChI is InChI=1S/C18H14ClNO3/c1-12-6-11-17(22-12)18(21)20-13-7-9-14(10-8-13)23-16-5-3-2-4-15(16)19/h2-11H,1H3,(H,20,21). The highest BCUT2D eigenvalue weighted by molar-refractivity contribution is 6.32. The Bertz CT molecular complexity index is 824. The summed E-state index contributed by atoms with van der Waals surface area (Å²) in [4.78, 5) is 12.0. The van der Waals surface area contributed by atoms with Crippen molar-refractivity contribution in [3.8, 4) is 11.5 Å². The number of anilines is 1. The van der Waals surface area contributed by atoms with Gasteiger partial charge in [0.2, 0.25) is 0 Å². The third-order valence-electron chi connectivity index (χ3n) is 3.14. The van der Waals surface area contributed by atoms with E-state index in [1.807, 2.05) is 12.1 Å². The van der Waals surface area contributed by atoms with Gasteiger partial charge in [0.15, 0.2) is 5.76 Å². The van der Waals surface area contributed by atoms with Gasteiger partial charge in [-0.15, -0.1) is 0 Å². The highest BCUT2D eigenvalue weighted by Gasteiger charge is 2.10. The van der Waals surface area contributed by atoms with Crippen molar-refractivity contribution in [1.29, 1.82) is 0 Å². The summed E-state index contributed by atoms with van der Waals surface area (Å²) < 4.78 is 11.0. The SMILES string of the molecule is Cc1ccc(C(=O)Nc2ccc(Oc3ccccc3Cl)cc2)o1. The number of hydrogen-bond donors (Lipinski definition) is 1. The van der Waals surface area contributed by atoms with E-state index in [1.54, 1.807) is 55.5 Å². The number of rotatable bonds is 4. The second-order valence-electron chi connectivity index (χ2n) is 4.92. The molecule has 3 aromatic rings. The topological polar surface area (TPSA) is 51.5 Å². The van der Waals surface area contributed by atoms with Gasteiger partial charge in [0.05, 0.1) is 5.02 Å². The molecule has 4 nitrogen and oxygen atoms in total. The predicted octanol–water partition coefficient (Wildman–Crippen LogP) is 5.29. The molecule has 0 aliphatic rings. The number of amides is 1. The first-order chi connectivity index (χ1) is 11.1. The van der Waals surface area contributed by atoms with Crippen LogP contribution in [-0.4, -0.2) is 5.91 Å². The maximum atomic E-state index is 12.0. The number of benzene rings is 2. The van der Waals surface area contributed by atoms with Gasteiger partial charge in [-0.05, 0) is 55.5 Å². The highest BCUT2D eigenvalue weighted by Crippen LogP contribution is 2.29. The molecule has 3 rings (SSSR count).